The fourth-order valence-corrected chi connectivity index (χ4v) is 3.26. The van der Waals surface area contributed by atoms with Crippen LogP contribution in [0.15, 0.2) is 85.1 Å². The van der Waals surface area contributed by atoms with Crippen LogP contribution in [-0.4, -0.2) is 9.78 Å². The van der Waals surface area contributed by atoms with Gasteiger partial charge in [0.2, 0.25) is 0 Å². The molecule has 0 aliphatic carbocycles. The SMILES string of the molecule is Clc1cccc(Nc2cn(Cc3ccccc3)nc2Nc2cccc(Cl)c2)c1. The van der Waals surface area contributed by atoms with Gasteiger partial charge in [0, 0.05) is 21.4 Å². The first-order valence-electron chi connectivity index (χ1n) is 8.82. The van der Waals surface area contributed by atoms with Gasteiger partial charge in [-0.1, -0.05) is 65.7 Å². The fourth-order valence-electron chi connectivity index (χ4n) is 2.88. The predicted molar refractivity (Wildman–Crippen MR) is 117 cm³/mol. The predicted octanol–water partition coefficient (Wildman–Crippen LogP) is 6.73. The average molecular weight is 409 g/mol. The molecule has 0 spiro atoms. The lowest BCUT2D eigenvalue weighted by molar-refractivity contribution is 0.690. The van der Waals surface area contributed by atoms with Crippen LogP contribution >= 0.6 is 23.2 Å². The van der Waals surface area contributed by atoms with Gasteiger partial charge < -0.3 is 10.6 Å². The molecule has 4 nitrogen and oxygen atoms in total. The van der Waals surface area contributed by atoms with E-state index >= 15 is 0 Å². The van der Waals surface area contributed by atoms with E-state index in [4.69, 9.17) is 28.3 Å². The van der Waals surface area contributed by atoms with Crippen molar-refractivity contribution < 1.29 is 0 Å². The zero-order valence-corrected chi connectivity index (χ0v) is 16.5. The molecular formula is C22H18Cl2N4. The van der Waals surface area contributed by atoms with E-state index in [2.05, 4.69) is 22.8 Å². The summed E-state index contributed by atoms with van der Waals surface area (Å²) in [7, 11) is 0. The maximum atomic E-state index is 6.12. The Morgan fingerprint density at radius 1 is 0.750 bits per heavy atom. The van der Waals surface area contributed by atoms with E-state index in [1.807, 2.05) is 77.6 Å². The van der Waals surface area contributed by atoms with Crippen molar-refractivity contribution in [1.82, 2.24) is 9.78 Å². The van der Waals surface area contributed by atoms with Gasteiger partial charge in [-0.25, -0.2) is 0 Å². The fraction of sp³-hybridized carbons (Fsp3) is 0.0455. The summed E-state index contributed by atoms with van der Waals surface area (Å²) in [6.07, 6.45) is 1.97. The van der Waals surface area contributed by atoms with Crippen LogP contribution < -0.4 is 10.6 Å². The van der Waals surface area contributed by atoms with E-state index < -0.39 is 0 Å². The van der Waals surface area contributed by atoms with Gasteiger partial charge in [-0.3, -0.25) is 4.68 Å². The average Bonchev–Trinajstić information content (AvgIpc) is 3.03. The zero-order chi connectivity index (χ0) is 19.3. The van der Waals surface area contributed by atoms with Crippen LogP contribution in [0.3, 0.4) is 0 Å². The number of anilines is 4. The van der Waals surface area contributed by atoms with Gasteiger partial charge >= 0.3 is 0 Å². The van der Waals surface area contributed by atoms with Crippen molar-refractivity contribution in [2.45, 2.75) is 6.54 Å². The van der Waals surface area contributed by atoms with Gasteiger partial charge in [0.25, 0.3) is 0 Å². The van der Waals surface area contributed by atoms with Crippen molar-refractivity contribution in [1.29, 1.82) is 0 Å². The molecule has 140 valence electrons. The Bertz CT molecular complexity index is 1010. The second kappa shape index (κ2) is 8.38. The number of aromatic nitrogens is 2. The molecule has 0 atom stereocenters. The molecule has 1 heterocycles. The van der Waals surface area contributed by atoms with Crippen LogP contribution in [0, 0.1) is 0 Å². The molecule has 0 bridgehead atoms. The van der Waals surface area contributed by atoms with Gasteiger partial charge in [-0.2, -0.15) is 5.10 Å². The van der Waals surface area contributed by atoms with E-state index in [9.17, 15) is 0 Å². The van der Waals surface area contributed by atoms with Crippen molar-refractivity contribution >= 4 is 46.1 Å². The summed E-state index contributed by atoms with van der Waals surface area (Å²) in [5.74, 6) is 0.707. The molecule has 0 radical (unpaired) electrons. The molecule has 0 aliphatic rings. The number of nitrogens with zero attached hydrogens (tertiary/aromatic N) is 2. The Kier molecular flexibility index (Phi) is 5.51. The maximum absolute atomic E-state index is 6.12. The monoisotopic (exact) mass is 408 g/mol. The Labute approximate surface area is 173 Å². The first kappa shape index (κ1) is 18.4. The molecule has 3 aromatic carbocycles. The summed E-state index contributed by atoms with van der Waals surface area (Å²) in [6, 6.07) is 25.3. The molecule has 0 fully saturated rings. The van der Waals surface area contributed by atoms with E-state index in [-0.39, 0.29) is 0 Å². The molecule has 0 aliphatic heterocycles. The van der Waals surface area contributed by atoms with Gasteiger partial charge in [0.1, 0.15) is 5.69 Å². The number of hydrogen-bond acceptors (Lipinski definition) is 3. The highest BCUT2D eigenvalue weighted by Gasteiger charge is 2.11. The lowest BCUT2D eigenvalue weighted by Crippen LogP contribution is -2.01. The molecule has 28 heavy (non-hydrogen) atoms. The van der Waals surface area contributed by atoms with E-state index in [1.54, 1.807) is 0 Å². The molecule has 0 saturated heterocycles. The Balaban J connectivity index is 1.65. The molecule has 6 heteroatoms. The molecule has 0 amide bonds. The number of hydrogen-bond donors (Lipinski definition) is 2. The summed E-state index contributed by atoms with van der Waals surface area (Å²) in [5.41, 5.74) is 3.78. The highest BCUT2D eigenvalue weighted by atomic mass is 35.5. The molecule has 1 aromatic heterocycles. The number of rotatable bonds is 6. The summed E-state index contributed by atoms with van der Waals surface area (Å²) < 4.78 is 1.90. The van der Waals surface area contributed by atoms with Gasteiger partial charge in [-0.05, 0) is 42.0 Å². The lowest BCUT2D eigenvalue weighted by atomic mass is 10.2. The molecular weight excluding hydrogens is 391 g/mol. The molecule has 2 N–H and O–H groups in total. The molecule has 0 saturated carbocycles. The number of nitrogens with one attached hydrogen (secondary N) is 2. The second-order valence-corrected chi connectivity index (χ2v) is 7.22. The largest absolute Gasteiger partial charge is 0.351 e. The standard InChI is InChI=1S/C22H18Cl2N4/c23-17-8-4-10-19(12-17)25-21-15-28(14-16-6-2-1-3-7-16)27-22(21)26-20-11-5-9-18(24)13-20/h1-13,15,25H,14H2,(H,26,27). The van der Waals surface area contributed by atoms with E-state index in [1.165, 1.54) is 5.56 Å². The van der Waals surface area contributed by atoms with Crippen LogP contribution in [0.25, 0.3) is 0 Å². The van der Waals surface area contributed by atoms with Crippen molar-refractivity contribution in [2.75, 3.05) is 10.6 Å². The molecule has 0 unspecified atom stereocenters. The zero-order valence-electron chi connectivity index (χ0n) is 14.9. The van der Waals surface area contributed by atoms with Gasteiger partial charge in [0.15, 0.2) is 5.82 Å². The van der Waals surface area contributed by atoms with E-state index in [0.717, 1.165) is 17.1 Å². The highest BCUT2D eigenvalue weighted by Crippen LogP contribution is 2.29. The van der Waals surface area contributed by atoms with Crippen molar-refractivity contribution in [3.05, 3.63) is 101 Å². The third kappa shape index (κ3) is 4.66. The van der Waals surface area contributed by atoms with Crippen LogP contribution in [0.4, 0.5) is 22.9 Å². The summed E-state index contributed by atoms with van der Waals surface area (Å²) in [6.45, 7) is 0.669. The summed E-state index contributed by atoms with van der Waals surface area (Å²) in [4.78, 5) is 0. The summed E-state index contributed by atoms with van der Waals surface area (Å²) >= 11 is 12.2. The number of benzene rings is 3. The van der Waals surface area contributed by atoms with Crippen molar-refractivity contribution in [2.24, 2.45) is 0 Å². The van der Waals surface area contributed by atoms with Crippen LogP contribution in [-0.2, 0) is 6.54 Å². The molecule has 4 rings (SSSR count). The van der Waals surface area contributed by atoms with Gasteiger partial charge in [0.05, 0.1) is 12.7 Å². The van der Waals surface area contributed by atoms with Crippen LogP contribution in [0.2, 0.25) is 10.0 Å². The Morgan fingerprint density at radius 2 is 1.39 bits per heavy atom. The van der Waals surface area contributed by atoms with Crippen LogP contribution in [0.1, 0.15) is 5.56 Å². The maximum Gasteiger partial charge on any atom is 0.176 e. The van der Waals surface area contributed by atoms with Gasteiger partial charge in [-0.15, -0.1) is 0 Å². The highest BCUT2D eigenvalue weighted by molar-refractivity contribution is 6.31. The third-order valence-corrected chi connectivity index (χ3v) is 4.61. The van der Waals surface area contributed by atoms with Crippen molar-refractivity contribution in [3.63, 3.8) is 0 Å². The second-order valence-electron chi connectivity index (χ2n) is 6.35. The minimum absolute atomic E-state index is 0.665. The first-order chi connectivity index (χ1) is 13.7. The quantitative estimate of drug-likeness (QED) is 0.371. The lowest BCUT2D eigenvalue weighted by Gasteiger charge is -2.09. The topological polar surface area (TPSA) is 41.9 Å². The third-order valence-electron chi connectivity index (χ3n) is 4.14. The normalized spacial score (nSPS) is 10.6. The Hall–Kier alpha value is -2.95. The molecule has 4 aromatic rings. The first-order valence-corrected chi connectivity index (χ1v) is 9.58. The minimum atomic E-state index is 0.665. The smallest absolute Gasteiger partial charge is 0.176 e. The summed E-state index contributed by atoms with van der Waals surface area (Å²) in [5, 5.41) is 12.8. The van der Waals surface area contributed by atoms with Crippen LogP contribution in [0.5, 0.6) is 0 Å². The van der Waals surface area contributed by atoms with E-state index in [0.29, 0.717) is 22.4 Å². The Morgan fingerprint density at radius 3 is 2.04 bits per heavy atom. The minimum Gasteiger partial charge on any atom is -0.351 e. The number of halogens is 2. The van der Waals surface area contributed by atoms with Crippen molar-refractivity contribution in [3.8, 4) is 0 Å².